The van der Waals surface area contributed by atoms with Gasteiger partial charge in [0.05, 0.1) is 22.8 Å². The third kappa shape index (κ3) is 5.76. The number of hydrogen-bond donors (Lipinski definition) is 0. The Bertz CT molecular complexity index is 485. The summed E-state index contributed by atoms with van der Waals surface area (Å²) in [5.74, 6) is 1.42. The van der Waals surface area contributed by atoms with Gasteiger partial charge in [-0.2, -0.15) is 0 Å². The van der Waals surface area contributed by atoms with Crippen LogP contribution in [0.1, 0.15) is 50.9 Å². The molecule has 1 aromatic rings. The van der Waals surface area contributed by atoms with Crippen molar-refractivity contribution in [3.63, 3.8) is 0 Å². The highest BCUT2D eigenvalue weighted by Crippen LogP contribution is 2.34. The molecule has 0 saturated heterocycles. The van der Waals surface area contributed by atoms with Crippen molar-refractivity contribution in [2.75, 3.05) is 5.88 Å². The summed E-state index contributed by atoms with van der Waals surface area (Å²) in [4.78, 5) is 12.3. The zero-order chi connectivity index (χ0) is 16.0. The molecule has 0 fully saturated rings. The van der Waals surface area contributed by atoms with E-state index in [-0.39, 0.29) is 18.0 Å². The maximum Gasteiger partial charge on any atom is 0.166 e. The SMILES string of the molecule is CC(C)Oc1cc(C(=O)CCCCl)c(OC(C)C)cc1Cl. The van der Waals surface area contributed by atoms with Crippen LogP contribution < -0.4 is 9.47 Å². The monoisotopic (exact) mass is 332 g/mol. The van der Waals surface area contributed by atoms with Crippen molar-refractivity contribution in [1.82, 2.24) is 0 Å². The maximum absolute atomic E-state index is 12.3. The predicted molar refractivity (Wildman–Crippen MR) is 87.3 cm³/mol. The van der Waals surface area contributed by atoms with Crippen molar-refractivity contribution in [3.8, 4) is 11.5 Å². The Hall–Kier alpha value is -0.930. The highest BCUT2D eigenvalue weighted by molar-refractivity contribution is 6.32. The Balaban J connectivity index is 3.16. The van der Waals surface area contributed by atoms with E-state index >= 15 is 0 Å². The molecule has 3 nitrogen and oxygen atoms in total. The average Bonchev–Trinajstić information content (AvgIpc) is 2.37. The molecule has 0 amide bonds. The van der Waals surface area contributed by atoms with Gasteiger partial charge in [0.25, 0.3) is 0 Å². The molecule has 0 radical (unpaired) electrons. The van der Waals surface area contributed by atoms with Gasteiger partial charge >= 0.3 is 0 Å². The number of halogens is 2. The molecule has 0 aliphatic heterocycles. The quantitative estimate of drug-likeness (QED) is 0.489. The van der Waals surface area contributed by atoms with Crippen LogP contribution in [0.25, 0.3) is 0 Å². The van der Waals surface area contributed by atoms with E-state index in [1.54, 1.807) is 12.1 Å². The third-order valence-electron chi connectivity index (χ3n) is 2.60. The first kappa shape index (κ1) is 18.1. The van der Waals surface area contributed by atoms with Crippen molar-refractivity contribution in [2.24, 2.45) is 0 Å². The number of carbonyl (C=O) groups is 1. The van der Waals surface area contributed by atoms with E-state index in [0.29, 0.717) is 40.8 Å². The summed E-state index contributed by atoms with van der Waals surface area (Å²) in [6, 6.07) is 3.31. The van der Waals surface area contributed by atoms with E-state index in [2.05, 4.69) is 0 Å². The van der Waals surface area contributed by atoms with E-state index < -0.39 is 0 Å². The van der Waals surface area contributed by atoms with E-state index in [1.807, 2.05) is 27.7 Å². The molecular weight excluding hydrogens is 311 g/mol. The van der Waals surface area contributed by atoms with Crippen LogP contribution >= 0.6 is 23.2 Å². The van der Waals surface area contributed by atoms with E-state index in [9.17, 15) is 4.79 Å². The summed E-state index contributed by atoms with van der Waals surface area (Å²) < 4.78 is 11.3. The number of hydrogen-bond acceptors (Lipinski definition) is 3. The number of rotatable bonds is 8. The summed E-state index contributed by atoms with van der Waals surface area (Å²) in [6.45, 7) is 7.62. The molecule has 0 spiro atoms. The van der Waals surface area contributed by atoms with Crippen LogP contribution in [-0.4, -0.2) is 23.9 Å². The molecule has 118 valence electrons. The van der Waals surface area contributed by atoms with Crippen LogP contribution in [0.15, 0.2) is 12.1 Å². The van der Waals surface area contributed by atoms with Gasteiger partial charge in [0.1, 0.15) is 11.5 Å². The fourth-order valence-electron chi connectivity index (χ4n) is 1.81. The van der Waals surface area contributed by atoms with Gasteiger partial charge in [-0.25, -0.2) is 0 Å². The van der Waals surface area contributed by atoms with Crippen LogP contribution in [0.3, 0.4) is 0 Å². The molecule has 0 unspecified atom stereocenters. The Kier molecular flexibility index (Phi) is 7.33. The van der Waals surface area contributed by atoms with Crippen molar-refractivity contribution < 1.29 is 14.3 Å². The Morgan fingerprint density at radius 2 is 1.67 bits per heavy atom. The first-order valence-corrected chi connectivity index (χ1v) is 8.02. The smallest absolute Gasteiger partial charge is 0.166 e. The minimum atomic E-state index is -0.0440. The fraction of sp³-hybridized carbons (Fsp3) is 0.562. The number of benzene rings is 1. The van der Waals surface area contributed by atoms with Crippen LogP contribution in [0.2, 0.25) is 5.02 Å². The van der Waals surface area contributed by atoms with Crippen LogP contribution in [0, 0.1) is 0 Å². The van der Waals surface area contributed by atoms with Gasteiger partial charge in [0, 0.05) is 18.4 Å². The second-order valence-corrected chi connectivity index (χ2v) is 6.11. The van der Waals surface area contributed by atoms with Crippen LogP contribution in [-0.2, 0) is 0 Å². The molecule has 0 atom stereocenters. The molecule has 0 N–H and O–H groups in total. The maximum atomic E-state index is 12.3. The van der Waals surface area contributed by atoms with Crippen molar-refractivity contribution in [3.05, 3.63) is 22.7 Å². The van der Waals surface area contributed by atoms with E-state index in [0.717, 1.165) is 0 Å². The molecular formula is C16H22Cl2O3. The molecule has 0 saturated carbocycles. The number of carbonyl (C=O) groups excluding carboxylic acids is 1. The fourth-order valence-corrected chi connectivity index (χ4v) is 2.14. The number of alkyl halides is 1. The van der Waals surface area contributed by atoms with Crippen LogP contribution in [0.5, 0.6) is 11.5 Å². The lowest BCUT2D eigenvalue weighted by Crippen LogP contribution is -2.12. The third-order valence-corrected chi connectivity index (χ3v) is 3.16. The lowest BCUT2D eigenvalue weighted by atomic mass is 10.1. The Morgan fingerprint density at radius 1 is 1.10 bits per heavy atom. The highest BCUT2D eigenvalue weighted by atomic mass is 35.5. The summed E-state index contributed by atoms with van der Waals surface area (Å²) in [6.07, 6.45) is 0.938. The summed E-state index contributed by atoms with van der Waals surface area (Å²) >= 11 is 11.9. The highest BCUT2D eigenvalue weighted by Gasteiger charge is 2.18. The zero-order valence-corrected chi connectivity index (χ0v) is 14.4. The topological polar surface area (TPSA) is 35.5 Å². The number of ether oxygens (including phenoxy) is 2. The lowest BCUT2D eigenvalue weighted by Gasteiger charge is -2.17. The molecule has 0 aliphatic carbocycles. The minimum Gasteiger partial charge on any atom is -0.490 e. The number of Topliss-reactive ketones (excluding diaryl/α,β-unsaturated/α-hetero) is 1. The molecule has 21 heavy (non-hydrogen) atoms. The summed E-state index contributed by atoms with van der Waals surface area (Å²) in [7, 11) is 0. The first-order valence-electron chi connectivity index (χ1n) is 7.11. The van der Waals surface area contributed by atoms with Gasteiger partial charge in [-0.3, -0.25) is 4.79 Å². The van der Waals surface area contributed by atoms with Gasteiger partial charge < -0.3 is 9.47 Å². The molecule has 0 aliphatic rings. The van der Waals surface area contributed by atoms with Gasteiger partial charge in [-0.15, -0.1) is 11.6 Å². The Labute approximate surface area is 136 Å². The van der Waals surface area contributed by atoms with Crippen molar-refractivity contribution in [2.45, 2.75) is 52.7 Å². The molecule has 0 aromatic heterocycles. The van der Waals surface area contributed by atoms with E-state index in [4.69, 9.17) is 32.7 Å². The van der Waals surface area contributed by atoms with Gasteiger partial charge in [-0.05, 0) is 40.2 Å². The summed E-state index contributed by atoms with van der Waals surface area (Å²) in [5, 5.41) is 0.438. The predicted octanol–water partition coefficient (Wildman–Crippen LogP) is 5.12. The first-order chi connectivity index (χ1) is 9.85. The van der Waals surface area contributed by atoms with Gasteiger partial charge in [0.2, 0.25) is 0 Å². The van der Waals surface area contributed by atoms with E-state index in [1.165, 1.54) is 0 Å². The molecule has 1 rings (SSSR count). The zero-order valence-electron chi connectivity index (χ0n) is 12.9. The van der Waals surface area contributed by atoms with Gasteiger partial charge in [-0.1, -0.05) is 11.6 Å². The normalized spacial score (nSPS) is 11.0. The summed E-state index contributed by atoms with van der Waals surface area (Å²) in [5.41, 5.74) is 0.494. The average molecular weight is 333 g/mol. The minimum absolute atomic E-state index is 0.0171. The Morgan fingerprint density at radius 3 is 2.19 bits per heavy atom. The molecule has 0 bridgehead atoms. The molecule has 5 heteroatoms. The largest absolute Gasteiger partial charge is 0.490 e. The second kappa shape index (κ2) is 8.50. The van der Waals surface area contributed by atoms with Crippen molar-refractivity contribution in [1.29, 1.82) is 0 Å². The molecule has 0 heterocycles. The van der Waals surface area contributed by atoms with Crippen molar-refractivity contribution >= 4 is 29.0 Å². The number of ketones is 1. The lowest BCUT2D eigenvalue weighted by molar-refractivity contribution is 0.0975. The molecule has 1 aromatic carbocycles. The van der Waals surface area contributed by atoms with Crippen LogP contribution in [0.4, 0.5) is 0 Å². The van der Waals surface area contributed by atoms with Gasteiger partial charge in [0.15, 0.2) is 5.78 Å². The standard InChI is InChI=1S/C16H22Cl2O3/c1-10(2)20-15-9-13(18)16(21-11(3)4)8-12(15)14(19)6-5-7-17/h8-11H,5-7H2,1-4H3. The second-order valence-electron chi connectivity index (χ2n) is 5.33.